The zero-order valence-electron chi connectivity index (χ0n) is 27.1. The van der Waals surface area contributed by atoms with Gasteiger partial charge < -0.3 is 9.13 Å². The van der Waals surface area contributed by atoms with Crippen molar-refractivity contribution < 1.29 is 0 Å². The molecule has 7 aromatic carbocycles. The number of rotatable bonds is 5. The van der Waals surface area contributed by atoms with Gasteiger partial charge in [-0.1, -0.05) is 115 Å². The number of benzene rings is 7. The molecule has 50 heavy (non-hydrogen) atoms. The molecule has 0 saturated carbocycles. The van der Waals surface area contributed by atoms with Crippen LogP contribution in [0.1, 0.15) is 0 Å². The summed E-state index contributed by atoms with van der Waals surface area (Å²) in [5, 5.41) is 5.89. The molecule has 234 valence electrons. The molecule has 0 atom stereocenters. The summed E-state index contributed by atoms with van der Waals surface area (Å²) < 4.78 is 4.55. The van der Waals surface area contributed by atoms with Crippen molar-refractivity contribution >= 4 is 43.5 Å². The van der Waals surface area contributed by atoms with Gasteiger partial charge in [0.25, 0.3) is 0 Å². The van der Waals surface area contributed by atoms with Crippen LogP contribution in [0.15, 0.2) is 182 Å². The van der Waals surface area contributed by atoms with Crippen molar-refractivity contribution in [1.82, 2.24) is 19.1 Å². The van der Waals surface area contributed by atoms with Crippen LogP contribution in [-0.4, -0.2) is 19.1 Å². The summed E-state index contributed by atoms with van der Waals surface area (Å²) in [6, 6.07) is 60.2. The van der Waals surface area contributed by atoms with E-state index in [1.807, 2.05) is 6.07 Å². The zero-order chi connectivity index (χ0) is 33.0. The highest BCUT2D eigenvalue weighted by Crippen LogP contribution is 2.34. The Morgan fingerprint density at radius 1 is 0.360 bits per heavy atom. The number of nitrogens with zero attached hydrogens (tertiary/aromatic N) is 4. The van der Waals surface area contributed by atoms with Crippen molar-refractivity contribution in [3.8, 4) is 45.1 Å². The standard InChI is InChI=1S/C46H30N4/c1-2-12-36-27-37(22-19-31(36)9-1)45-41-13-5-6-14-42(41)47-46(48-45)35-20-17-32(18-21-35)38-28-39(49-25-23-33-10-3-7-15-43(33)49)30-40(29-38)50-26-24-34-11-4-8-16-44(34)50/h1-30H. The molecule has 0 aliphatic rings. The van der Waals surface area contributed by atoms with Crippen LogP contribution in [0, 0.1) is 0 Å². The summed E-state index contributed by atoms with van der Waals surface area (Å²) in [6.45, 7) is 0. The Balaban J connectivity index is 1.09. The summed E-state index contributed by atoms with van der Waals surface area (Å²) in [6.07, 6.45) is 4.32. The molecule has 0 N–H and O–H groups in total. The maximum atomic E-state index is 5.19. The third-order valence-corrected chi connectivity index (χ3v) is 9.76. The van der Waals surface area contributed by atoms with Crippen LogP contribution < -0.4 is 0 Å². The van der Waals surface area contributed by atoms with Crippen LogP contribution in [0.3, 0.4) is 0 Å². The molecule has 4 heteroatoms. The number of aromatic nitrogens is 4. The zero-order valence-corrected chi connectivity index (χ0v) is 27.1. The van der Waals surface area contributed by atoms with Crippen molar-refractivity contribution in [3.63, 3.8) is 0 Å². The minimum atomic E-state index is 0.713. The van der Waals surface area contributed by atoms with Gasteiger partial charge in [0.1, 0.15) is 0 Å². The second kappa shape index (κ2) is 11.4. The van der Waals surface area contributed by atoms with Crippen LogP contribution in [0.2, 0.25) is 0 Å². The first-order valence-corrected chi connectivity index (χ1v) is 16.9. The number of hydrogen-bond acceptors (Lipinski definition) is 2. The van der Waals surface area contributed by atoms with Gasteiger partial charge in [-0.2, -0.15) is 0 Å². The first-order valence-electron chi connectivity index (χ1n) is 16.9. The normalized spacial score (nSPS) is 11.6. The lowest BCUT2D eigenvalue weighted by atomic mass is 10.0. The Morgan fingerprint density at radius 3 is 1.62 bits per heavy atom. The molecule has 0 bridgehead atoms. The average Bonchev–Trinajstić information content (AvgIpc) is 3.82. The molecular weight excluding hydrogens is 609 g/mol. The lowest BCUT2D eigenvalue weighted by molar-refractivity contribution is 1.09. The third-order valence-electron chi connectivity index (χ3n) is 9.76. The number of para-hydroxylation sites is 3. The molecule has 3 heterocycles. The molecule has 0 amide bonds. The van der Waals surface area contributed by atoms with Crippen molar-refractivity contribution in [1.29, 1.82) is 0 Å². The van der Waals surface area contributed by atoms with E-state index in [9.17, 15) is 0 Å². The van der Waals surface area contributed by atoms with E-state index >= 15 is 0 Å². The van der Waals surface area contributed by atoms with Gasteiger partial charge in [-0.3, -0.25) is 0 Å². The van der Waals surface area contributed by atoms with E-state index in [4.69, 9.17) is 9.97 Å². The molecule has 10 aromatic rings. The lowest BCUT2D eigenvalue weighted by Crippen LogP contribution is -1.98. The van der Waals surface area contributed by atoms with E-state index in [2.05, 4.69) is 185 Å². The van der Waals surface area contributed by atoms with Crippen LogP contribution in [0.25, 0.3) is 88.6 Å². The fraction of sp³-hybridized carbons (Fsp3) is 0. The van der Waals surface area contributed by atoms with Crippen LogP contribution in [0.5, 0.6) is 0 Å². The second-order valence-corrected chi connectivity index (χ2v) is 12.8. The highest BCUT2D eigenvalue weighted by atomic mass is 15.0. The Labute approximate surface area is 289 Å². The quantitative estimate of drug-likeness (QED) is 0.188. The molecule has 0 saturated heterocycles. The molecule has 10 rings (SSSR count). The average molecular weight is 639 g/mol. The predicted molar refractivity (Wildman–Crippen MR) is 207 cm³/mol. The van der Waals surface area contributed by atoms with E-state index in [-0.39, 0.29) is 0 Å². The molecule has 3 aromatic heterocycles. The van der Waals surface area contributed by atoms with Crippen LogP contribution in [0.4, 0.5) is 0 Å². The lowest BCUT2D eigenvalue weighted by Gasteiger charge is -2.15. The van der Waals surface area contributed by atoms with Gasteiger partial charge in [-0.25, -0.2) is 9.97 Å². The van der Waals surface area contributed by atoms with Gasteiger partial charge in [-0.05, 0) is 87.3 Å². The maximum Gasteiger partial charge on any atom is 0.160 e. The highest BCUT2D eigenvalue weighted by Gasteiger charge is 2.14. The van der Waals surface area contributed by atoms with Gasteiger partial charge in [0.15, 0.2) is 5.82 Å². The Bertz CT molecular complexity index is 2780. The molecular formula is C46H30N4. The van der Waals surface area contributed by atoms with Gasteiger partial charge in [0.2, 0.25) is 0 Å². The van der Waals surface area contributed by atoms with Gasteiger partial charge in [0.05, 0.1) is 22.2 Å². The van der Waals surface area contributed by atoms with Crippen LogP contribution >= 0.6 is 0 Å². The molecule has 0 unspecified atom stereocenters. The summed E-state index contributed by atoms with van der Waals surface area (Å²) in [7, 11) is 0. The molecule has 4 nitrogen and oxygen atoms in total. The molecule has 0 aliphatic carbocycles. The van der Waals surface area contributed by atoms with Crippen LogP contribution in [-0.2, 0) is 0 Å². The topological polar surface area (TPSA) is 35.6 Å². The van der Waals surface area contributed by atoms with E-state index in [0.717, 1.165) is 50.2 Å². The predicted octanol–water partition coefficient (Wildman–Crippen LogP) is 11.7. The summed E-state index contributed by atoms with van der Waals surface area (Å²) in [5.41, 5.74) is 10.8. The van der Waals surface area contributed by atoms with Crippen molar-refractivity contribution in [2.24, 2.45) is 0 Å². The third kappa shape index (κ3) is 4.77. The van der Waals surface area contributed by atoms with Crippen molar-refractivity contribution in [2.75, 3.05) is 0 Å². The smallest absolute Gasteiger partial charge is 0.160 e. The van der Waals surface area contributed by atoms with Gasteiger partial charge in [-0.15, -0.1) is 0 Å². The van der Waals surface area contributed by atoms with Crippen molar-refractivity contribution in [2.45, 2.75) is 0 Å². The first-order chi connectivity index (χ1) is 24.7. The second-order valence-electron chi connectivity index (χ2n) is 12.8. The van der Waals surface area contributed by atoms with Gasteiger partial charge >= 0.3 is 0 Å². The monoisotopic (exact) mass is 638 g/mol. The Morgan fingerprint density at radius 2 is 0.920 bits per heavy atom. The fourth-order valence-corrected chi connectivity index (χ4v) is 7.23. The summed E-state index contributed by atoms with van der Waals surface area (Å²) in [4.78, 5) is 10.2. The summed E-state index contributed by atoms with van der Waals surface area (Å²) >= 11 is 0. The number of hydrogen-bond donors (Lipinski definition) is 0. The van der Waals surface area contributed by atoms with Crippen molar-refractivity contribution in [3.05, 3.63) is 182 Å². The van der Waals surface area contributed by atoms with E-state index < -0.39 is 0 Å². The molecule has 0 spiro atoms. The Hall–Kier alpha value is -6.78. The molecule has 0 aliphatic heterocycles. The SMILES string of the molecule is c1ccc2cc(-c3nc(-c4ccc(-c5cc(-n6ccc7ccccc76)cc(-n6ccc7ccccc76)c5)cc4)nc4ccccc34)ccc2c1. The highest BCUT2D eigenvalue weighted by molar-refractivity contribution is 5.96. The Kier molecular flexibility index (Phi) is 6.46. The first kappa shape index (κ1) is 28.3. The van der Waals surface area contributed by atoms with E-state index in [1.54, 1.807) is 0 Å². The fourth-order valence-electron chi connectivity index (χ4n) is 7.23. The molecule has 0 fully saturated rings. The maximum absolute atomic E-state index is 5.19. The van der Waals surface area contributed by atoms with Gasteiger partial charge in [0, 0.05) is 40.3 Å². The largest absolute Gasteiger partial charge is 0.316 e. The van der Waals surface area contributed by atoms with E-state index in [1.165, 1.54) is 32.6 Å². The minimum Gasteiger partial charge on any atom is -0.316 e. The van der Waals surface area contributed by atoms with E-state index in [0.29, 0.717) is 5.82 Å². The number of fused-ring (bicyclic) bond motifs is 4. The minimum absolute atomic E-state index is 0.713. The molecule has 0 radical (unpaired) electrons. The summed E-state index contributed by atoms with van der Waals surface area (Å²) in [5.74, 6) is 0.713.